The molecule has 0 spiro atoms. The number of rotatable bonds is 0. The van der Waals surface area contributed by atoms with Crippen LogP contribution in [-0.4, -0.2) is 0 Å². The van der Waals surface area contributed by atoms with Crippen LogP contribution >= 0.6 is 0 Å². The summed E-state index contributed by atoms with van der Waals surface area (Å²) in [5.41, 5.74) is 15.6. The van der Waals surface area contributed by atoms with Gasteiger partial charge < -0.3 is 0 Å². The summed E-state index contributed by atoms with van der Waals surface area (Å²) in [6, 6.07) is 32.7. The molecule has 3 aliphatic rings. The first-order valence-electron chi connectivity index (χ1n) is 11.1. The Bertz CT molecular complexity index is 1260. The molecule has 2 atom stereocenters. The molecule has 0 nitrogen and oxygen atoms in total. The monoisotopic (exact) mass is 462 g/mol. The molecule has 144 valence electrons. The first-order valence-corrected chi connectivity index (χ1v) is 18.8. The summed E-state index contributed by atoms with van der Waals surface area (Å²) in [5, 5.41) is 0. The average molecular weight is 464 g/mol. The Morgan fingerprint density at radius 2 is 0.967 bits per heavy atom. The Morgan fingerprint density at radius 3 is 1.47 bits per heavy atom. The van der Waals surface area contributed by atoms with Gasteiger partial charge in [0, 0.05) is 0 Å². The van der Waals surface area contributed by atoms with E-state index in [2.05, 4.69) is 94.2 Å². The number of fused-ring (bicyclic) bond motifs is 6. The zero-order valence-electron chi connectivity index (χ0n) is 17.4. The fourth-order valence-corrected chi connectivity index (χ4v) is 18.2. The standard InChI is InChI=1S/C27H18.2CH3.Zr/c1-3-11-22-20(7-1)16-26-18(9-5-13-24(22)26)15-19-10-6-14-25-23-12-4-2-8-21(23)17-27(19)25;;;/h1-14,16-17H,15H2;2*1H3;. The second-order valence-electron chi connectivity index (χ2n) is 9.80. The zero-order valence-corrected chi connectivity index (χ0v) is 19.9. The molecule has 0 fully saturated rings. The second-order valence-corrected chi connectivity index (χ2v) is 21.6. The Kier molecular flexibility index (Phi) is 3.44. The fraction of sp³-hybridized carbons (Fsp3) is 0.172. The summed E-state index contributed by atoms with van der Waals surface area (Å²) in [6.45, 7) is 0. The van der Waals surface area contributed by atoms with Crippen molar-refractivity contribution in [2.75, 3.05) is 0 Å². The SMILES string of the molecule is [CH3][Zr]1([CH3])[CH]2c3ccccc3-c3cccc(c32)Cc2cccc3c2[CH]1c1ccccc1-3. The van der Waals surface area contributed by atoms with E-state index in [1.807, 2.05) is 0 Å². The number of hydrogen-bond acceptors (Lipinski definition) is 0. The normalized spacial score (nSPS) is 21.1. The van der Waals surface area contributed by atoms with E-state index < -0.39 is 20.3 Å². The van der Waals surface area contributed by atoms with E-state index >= 15 is 0 Å². The summed E-state index contributed by atoms with van der Waals surface area (Å²) >= 11 is -2.80. The molecule has 0 amide bonds. The molecule has 4 aromatic rings. The molecular formula is C29H24Zr. The van der Waals surface area contributed by atoms with Crippen LogP contribution in [-0.2, 0) is 26.7 Å². The van der Waals surface area contributed by atoms with Gasteiger partial charge in [-0.2, -0.15) is 0 Å². The minimum absolute atomic E-state index is 0.624. The van der Waals surface area contributed by atoms with Gasteiger partial charge in [0.1, 0.15) is 0 Å². The van der Waals surface area contributed by atoms with E-state index in [0.717, 1.165) is 6.42 Å². The van der Waals surface area contributed by atoms with E-state index in [0.29, 0.717) is 7.25 Å². The van der Waals surface area contributed by atoms with E-state index in [-0.39, 0.29) is 0 Å². The van der Waals surface area contributed by atoms with Crippen LogP contribution < -0.4 is 0 Å². The third kappa shape index (κ3) is 2.05. The first kappa shape index (κ1) is 17.4. The zero-order chi connectivity index (χ0) is 20.0. The number of hydrogen-bond donors (Lipinski definition) is 0. The van der Waals surface area contributed by atoms with Crippen LogP contribution in [0.4, 0.5) is 0 Å². The van der Waals surface area contributed by atoms with Crippen molar-refractivity contribution in [2.45, 2.75) is 22.9 Å². The van der Waals surface area contributed by atoms with Gasteiger partial charge in [0.2, 0.25) is 0 Å². The molecule has 0 radical (unpaired) electrons. The summed E-state index contributed by atoms with van der Waals surface area (Å²) in [5.74, 6) is 0. The Hall–Kier alpha value is -2.24. The van der Waals surface area contributed by atoms with Gasteiger partial charge in [-0.05, 0) is 0 Å². The third-order valence-electron chi connectivity index (χ3n) is 7.96. The van der Waals surface area contributed by atoms with E-state index in [9.17, 15) is 0 Å². The molecule has 30 heavy (non-hydrogen) atoms. The molecule has 0 saturated heterocycles. The third-order valence-corrected chi connectivity index (χ3v) is 18.2. The number of benzene rings is 4. The van der Waals surface area contributed by atoms with E-state index in [1.165, 1.54) is 22.3 Å². The van der Waals surface area contributed by atoms with Crippen molar-refractivity contribution in [1.82, 2.24) is 0 Å². The van der Waals surface area contributed by atoms with Gasteiger partial charge in [-0.3, -0.25) is 0 Å². The summed E-state index contributed by atoms with van der Waals surface area (Å²) in [6.07, 6.45) is 1.06. The molecule has 0 N–H and O–H groups in total. The van der Waals surface area contributed by atoms with Gasteiger partial charge >= 0.3 is 184 Å². The summed E-state index contributed by atoms with van der Waals surface area (Å²) in [7, 11) is 0. The van der Waals surface area contributed by atoms with Crippen molar-refractivity contribution in [3.8, 4) is 22.3 Å². The van der Waals surface area contributed by atoms with Crippen molar-refractivity contribution >= 4 is 0 Å². The van der Waals surface area contributed by atoms with Crippen LogP contribution in [0.25, 0.3) is 22.3 Å². The fourth-order valence-electron chi connectivity index (χ4n) is 6.90. The van der Waals surface area contributed by atoms with Gasteiger partial charge in [0.15, 0.2) is 0 Å². The van der Waals surface area contributed by atoms with Crippen LogP contribution in [0.3, 0.4) is 0 Å². The van der Waals surface area contributed by atoms with Crippen molar-refractivity contribution in [1.29, 1.82) is 0 Å². The molecule has 7 rings (SSSR count). The Labute approximate surface area is 183 Å². The molecule has 4 aromatic carbocycles. The predicted molar refractivity (Wildman–Crippen MR) is 122 cm³/mol. The van der Waals surface area contributed by atoms with Crippen molar-refractivity contribution in [2.24, 2.45) is 0 Å². The van der Waals surface area contributed by atoms with Crippen molar-refractivity contribution in [3.63, 3.8) is 0 Å². The van der Waals surface area contributed by atoms with Crippen LogP contribution in [0.15, 0.2) is 84.9 Å². The summed E-state index contributed by atoms with van der Waals surface area (Å²) in [4.78, 5) is 0. The van der Waals surface area contributed by atoms with Crippen LogP contribution in [0, 0.1) is 0 Å². The van der Waals surface area contributed by atoms with Crippen molar-refractivity contribution in [3.05, 3.63) is 118 Å². The van der Waals surface area contributed by atoms with Crippen LogP contribution in [0.1, 0.15) is 40.6 Å². The molecule has 2 aliphatic carbocycles. The van der Waals surface area contributed by atoms with Gasteiger partial charge in [-0.1, -0.05) is 0 Å². The maximum absolute atomic E-state index is 2.80. The van der Waals surface area contributed by atoms with Crippen LogP contribution in [0.5, 0.6) is 0 Å². The van der Waals surface area contributed by atoms with Gasteiger partial charge in [0.05, 0.1) is 0 Å². The van der Waals surface area contributed by atoms with Gasteiger partial charge in [-0.25, -0.2) is 0 Å². The molecule has 1 heterocycles. The van der Waals surface area contributed by atoms with Crippen LogP contribution in [0.2, 0.25) is 9.26 Å². The molecule has 1 aliphatic heterocycles. The molecule has 1 heteroatoms. The molecule has 0 saturated carbocycles. The van der Waals surface area contributed by atoms with E-state index in [1.54, 1.807) is 33.4 Å². The predicted octanol–water partition coefficient (Wildman–Crippen LogP) is 7.68. The molecule has 0 bridgehead atoms. The van der Waals surface area contributed by atoms with Gasteiger partial charge in [-0.15, -0.1) is 0 Å². The Balaban J connectivity index is 1.62. The molecule has 0 aromatic heterocycles. The first-order chi connectivity index (χ1) is 14.7. The maximum atomic E-state index is 2.72. The molecule has 2 unspecified atom stereocenters. The van der Waals surface area contributed by atoms with Crippen molar-refractivity contribution < 1.29 is 20.3 Å². The van der Waals surface area contributed by atoms with E-state index in [4.69, 9.17) is 0 Å². The average Bonchev–Trinajstić information content (AvgIpc) is 3.28. The summed E-state index contributed by atoms with van der Waals surface area (Å²) < 4.78 is 6.69. The second kappa shape index (κ2) is 5.92. The quantitative estimate of drug-likeness (QED) is 0.251. The molecular weight excluding hydrogens is 440 g/mol. The Morgan fingerprint density at radius 1 is 0.533 bits per heavy atom. The minimum atomic E-state index is -2.80. The van der Waals surface area contributed by atoms with Gasteiger partial charge in [0.25, 0.3) is 0 Å². The topological polar surface area (TPSA) is 0 Å².